The van der Waals surface area contributed by atoms with Crippen molar-refractivity contribution in [2.45, 2.75) is 6.92 Å². The van der Waals surface area contributed by atoms with Crippen molar-refractivity contribution >= 4 is 46.4 Å². The Kier molecular flexibility index (Phi) is 6.06. The Bertz CT molecular complexity index is 765. The molecule has 2 aromatic rings. The van der Waals surface area contributed by atoms with E-state index in [1.165, 1.54) is 18.9 Å². The first kappa shape index (κ1) is 18.1. The second-order valence-corrected chi connectivity index (χ2v) is 5.79. The number of hydrogen-bond donors (Lipinski definition) is 1. The molecule has 0 aliphatic rings. The van der Waals surface area contributed by atoms with Crippen LogP contribution in [0, 0.1) is 0 Å². The monoisotopic (exact) mass is 366 g/mol. The summed E-state index contributed by atoms with van der Waals surface area (Å²) >= 11 is 11.9. The second-order valence-electron chi connectivity index (χ2n) is 4.95. The van der Waals surface area contributed by atoms with Gasteiger partial charge < -0.3 is 10.1 Å². The van der Waals surface area contributed by atoms with Crippen LogP contribution in [-0.2, 0) is 9.59 Å². The molecule has 2 aromatic carbocycles. The van der Waals surface area contributed by atoms with Gasteiger partial charge >= 0.3 is 0 Å². The number of halogens is 2. The van der Waals surface area contributed by atoms with Gasteiger partial charge in [0.1, 0.15) is 12.3 Å². The number of hydrogen-bond acceptors (Lipinski definition) is 3. The van der Waals surface area contributed by atoms with Crippen LogP contribution in [0.2, 0.25) is 10.0 Å². The molecule has 0 saturated carbocycles. The van der Waals surface area contributed by atoms with Gasteiger partial charge in [-0.1, -0.05) is 35.3 Å². The van der Waals surface area contributed by atoms with Crippen LogP contribution in [-0.4, -0.2) is 25.5 Å². The lowest BCUT2D eigenvalue weighted by atomic mass is 10.2. The molecule has 0 spiro atoms. The molecule has 24 heavy (non-hydrogen) atoms. The highest BCUT2D eigenvalue weighted by molar-refractivity contribution is 6.35. The third-order valence-electron chi connectivity index (χ3n) is 3.26. The summed E-state index contributed by atoms with van der Waals surface area (Å²) in [6, 6.07) is 11.7. The minimum absolute atomic E-state index is 0.182. The van der Waals surface area contributed by atoms with Crippen LogP contribution >= 0.6 is 23.2 Å². The summed E-state index contributed by atoms with van der Waals surface area (Å²) in [5.74, 6) is -0.187. The van der Waals surface area contributed by atoms with E-state index >= 15 is 0 Å². The van der Waals surface area contributed by atoms with E-state index in [-0.39, 0.29) is 12.5 Å². The molecular weight excluding hydrogens is 351 g/mol. The zero-order valence-electron chi connectivity index (χ0n) is 13.2. The fourth-order valence-electron chi connectivity index (χ4n) is 2.15. The first-order valence-electron chi connectivity index (χ1n) is 7.08. The van der Waals surface area contributed by atoms with Crippen LogP contribution in [0.5, 0.6) is 5.75 Å². The number of amides is 2. The SMILES string of the molecule is COc1ccccc1N(CC(=O)Nc1cc(Cl)ccc1Cl)C(C)=O. The molecule has 1 N–H and O–H groups in total. The van der Waals surface area contributed by atoms with Gasteiger partial charge in [-0.05, 0) is 30.3 Å². The molecule has 2 amide bonds. The van der Waals surface area contributed by atoms with Crippen LogP contribution in [0.1, 0.15) is 6.92 Å². The van der Waals surface area contributed by atoms with Gasteiger partial charge in [-0.2, -0.15) is 0 Å². The maximum absolute atomic E-state index is 12.3. The number of ether oxygens (including phenoxy) is 1. The second kappa shape index (κ2) is 8.04. The average Bonchev–Trinajstić information content (AvgIpc) is 2.55. The van der Waals surface area contributed by atoms with E-state index in [1.54, 1.807) is 42.5 Å². The quantitative estimate of drug-likeness (QED) is 0.869. The van der Waals surface area contributed by atoms with E-state index < -0.39 is 5.91 Å². The van der Waals surface area contributed by atoms with Gasteiger partial charge in [0.15, 0.2) is 0 Å². The number of methoxy groups -OCH3 is 1. The molecular formula is C17H16Cl2N2O3. The van der Waals surface area contributed by atoms with Crippen LogP contribution in [0.4, 0.5) is 11.4 Å². The summed E-state index contributed by atoms with van der Waals surface area (Å²) in [4.78, 5) is 25.6. The van der Waals surface area contributed by atoms with Crippen LogP contribution in [0.25, 0.3) is 0 Å². The largest absolute Gasteiger partial charge is 0.495 e. The van der Waals surface area contributed by atoms with Crippen molar-refractivity contribution in [3.63, 3.8) is 0 Å². The summed E-state index contributed by atoms with van der Waals surface area (Å²) in [5.41, 5.74) is 0.900. The topological polar surface area (TPSA) is 58.6 Å². The number of carbonyl (C=O) groups is 2. The number of carbonyl (C=O) groups excluding carboxylic acids is 2. The summed E-state index contributed by atoms with van der Waals surface area (Å²) in [6.45, 7) is 1.20. The molecule has 0 heterocycles. The minimum atomic E-state index is -0.403. The van der Waals surface area contributed by atoms with Gasteiger partial charge in [-0.15, -0.1) is 0 Å². The first-order valence-corrected chi connectivity index (χ1v) is 7.84. The Balaban J connectivity index is 2.20. The number of rotatable bonds is 5. The number of nitrogens with zero attached hydrogens (tertiary/aromatic N) is 1. The predicted octanol–water partition coefficient (Wildman–Crippen LogP) is 3.99. The van der Waals surface area contributed by atoms with Gasteiger partial charge in [0.2, 0.25) is 11.8 Å². The minimum Gasteiger partial charge on any atom is -0.495 e. The Morgan fingerprint density at radius 2 is 1.88 bits per heavy atom. The van der Waals surface area contributed by atoms with Gasteiger partial charge in [0, 0.05) is 11.9 Å². The summed E-state index contributed by atoms with van der Waals surface area (Å²) in [6.07, 6.45) is 0. The standard InChI is InChI=1S/C17H16Cl2N2O3/c1-11(22)21(15-5-3-4-6-16(15)24-2)10-17(23)20-14-9-12(18)7-8-13(14)19/h3-9H,10H2,1-2H3,(H,20,23). The van der Waals surface area contributed by atoms with Gasteiger partial charge in [0.05, 0.1) is 23.5 Å². The zero-order valence-corrected chi connectivity index (χ0v) is 14.7. The average molecular weight is 367 g/mol. The lowest BCUT2D eigenvalue weighted by molar-refractivity contribution is -0.120. The molecule has 0 bridgehead atoms. The molecule has 7 heteroatoms. The van der Waals surface area contributed by atoms with Crippen molar-refractivity contribution in [1.82, 2.24) is 0 Å². The lowest BCUT2D eigenvalue weighted by Crippen LogP contribution is -2.37. The van der Waals surface area contributed by atoms with Crippen molar-refractivity contribution in [2.24, 2.45) is 0 Å². The maximum Gasteiger partial charge on any atom is 0.244 e. The summed E-state index contributed by atoms with van der Waals surface area (Å²) in [5, 5.41) is 3.46. The van der Waals surface area contributed by atoms with Crippen molar-refractivity contribution in [3.8, 4) is 5.75 Å². The van der Waals surface area contributed by atoms with Crippen LogP contribution < -0.4 is 15.0 Å². The summed E-state index contributed by atoms with van der Waals surface area (Å²) in [7, 11) is 1.50. The molecule has 126 valence electrons. The van der Waals surface area contributed by atoms with Crippen molar-refractivity contribution < 1.29 is 14.3 Å². The number of para-hydroxylation sites is 2. The molecule has 0 aliphatic heterocycles. The molecule has 0 atom stereocenters. The Labute approximate surface area is 150 Å². The van der Waals surface area contributed by atoms with Crippen molar-refractivity contribution in [1.29, 1.82) is 0 Å². The van der Waals surface area contributed by atoms with Gasteiger partial charge in [-0.25, -0.2) is 0 Å². The molecule has 0 saturated heterocycles. The van der Waals surface area contributed by atoms with Gasteiger partial charge in [-0.3, -0.25) is 14.5 Å². The molecule has 0 radical (unpaired) electrons. The normalized spacial score (nSPS) is 10.2. The number of benzene rings is 2. The van der Waals surface area contributed by atoms with Crippen LogP contribution in [0.3, 0.4) is 0 Å². The third-order valence-corrected chi connectivity index (χ3v) is 3.82. The van der Waals surface area contributed by atoms with Gasteiger partial charge in [0.25, 0.3) is 0 Å². The maximum atomic E-state index is 12.3. The predicted molar refractivity (Wildman–Crippen MR) is 96.1 cm³/mol. The number of nitrogens with one attached hydrogen (secondary N) is 1. The Hall–Kier alpha value is -2.24. The number of anilines is 2. The van der Waals surface area contributed by atoms with E-state index in [4.69, 9.17) is 27.9 Å². The van der Waals surface area contributed by atoms with Crippen LogP contribution in [0.15, 0.2) is 42.5 Å². The smallest absolute Gasteiger partial charge is 0.244 e. The highest BCUT2D eigenvalue weighted by Gasteiger charge is 2.19. The molecule has 5 nitrogen and oxygen atoms in total. The molecule has 0 aromatic heterocycles. The van der Waals surface area contributed by atoms with Crippen molar-refractivity contribution in [2.75, 3.05) is 23.9 Å². The van der Waals surface area contributed by atoms with E-state index in [2.05, 4.69) is 5.32 Å². The fourth-order valence-corrected chi connectivity index (χ4v) is 2.48. The Morgan fingerprint density at radius 3 is 2.54 bits per heavy atom. The molecule has 0 unspecified atom stereocenters. The van der Waals surface area contributed by atoms with E-state index in [9.17, 15) is 9.59 Å². The molecule has 0 aliphatic carbocycles. The highest BCUT2D eigenvalue weighted by Crippen LogP contribution is 2.28. The van der Waals surface area contributed by atoms with E-state index in [1.807, 2.05) is 0 Å². The van der Waals surface area contributed by atoms with E-state index in [0.29, 0.717) is 27.2 Å². The zero-order chi connectivity index (χ0) is 17.7. The lowest BCUT2D eigenvalue weighted by Gasteiger charge is -2.22. The fraction of sp³-hybridized carbons (Fsp3) is 0.176. The van der Waals surface area contributed by atoms with Crippen molar-refractivity contribution in [3.05, 3.63) is 52.5 Å². The first-order chi connectivity index (χ1) is 11.4. The molecule has 0 fully saturated rings. The summed E-state index contributed by atoms with van der Waals surface area (Å²) < 4.78 is 5.25. The molecule has 2 rings (SSSR count). The highest BCUT2D eigenvalue weighted by atomic mass is 35.5. The Morgan fingerprint density at radius 1 is 1.17 bits per heavy atom. The third kappa shape index (κ3) is 4.40. The van der Waals surface area contributed by atoms with E-state index in [0.717, 1.165) is 0 Å².